The van der Waals surface area contributed by atoms with Gasteiger partial charge in [-0.2, -0.15) is 0 Å². The normalized spacial score (nSPS) is 14.4. The van der Waals surface area contributed by atoms with Crippen LogP contribution in [0.3, 0.4) is 0 Å². The minimum absolute atomic E-state index is 0.175. The van der Waals surface area contributed by atoms with Gasteiger partial charge in [-0.25, -0.2) is 4.79 Å². The molecule has 28 heavy (non-hydrogen) atoms. The van der Waals surface area contributed by atoms with E-state index in [9.17, 15) is 9.59 Å². The molecule has 1 aliphatic rings. The lowest BCUT2D eigenvalue weighted by Crippen LogP contribution is -2.33. The van der Waals surface area contributed by atoms with Crippen molar-refractivity contribution in [3.05, 3.63) is 65.7 Å². The van der Waals surface area contributed by atoms with Crippen molar-refractivity contribution < 1.29 is 23.8 Å². The summed E-state index contributed by atoms with van der Waals surface area (Å²) in [6.45, 7) is 0. The lowest BCUT2D eigenvalue weighted by Gasteiger charge is -2.17. The number of ether oxygens (including phenoxy) is 3. The van der Waals surface area contributed by atoms with Gasteiger partial charge in [-0.05, 0) is 37.1 Å². The molecule has 3 rings (SSSR count). The van der Waals surface area contributed by atoms with Crippen LogP contribution in [0.1, 0.15) is 30.1 Å². The maximum Gasteiger partial charge on any atom is 0.331 e. The Morgan fingerprint density at radius 1 is 1.07 bits per heavy atom. The molecule has 0 saturated heterocycles. The van der Waals surface area contributed by atoms with Crippen LogP contribution < -0.4 is 14.8 Å². The van der Waals surface area contributed by atoms with Gasteiger partial charge in [0.1, 0.15) is 11.5 Å². The van der Waals surface area contributed by atoms with Crippen LogP contribution in [0.5, 0.6) is 11.5 Å². The SMILES string of the molecule is COc1ccc(OC)c(/C=C/C(=O)O[C@H](C(=O)NC2CC2)c2ccccc2)c1. The molecule has 1 atom stereocenters. The second-order valence-corrected chi connectivity index (χ2v) is 6.45. The van der Waals surface area contributed by atoms with Gasteiger partial charge >= 0.3 is 5.97 Å². The Morgan fingerprint density at radius 3 is 2.46 bits per heavy atom. The van der Waals surface area contributed by atoms with Crippen molar-refractivity contribution >= 4 is 18.0 Å². The van der Waals surface area contributed by atoms with Gasteiger partial charge in [-0.3, -0.25) is 4.79 Å². The topological polar surface area (TPSA) is 73.9 Å². The van der Waals surface area contributed by atoms with Crippen LogP contribution in [0.25, 0.3) is 6.08 Å². The van der Waals surface area contributed by atoms with Gasteiger partial charge in [0.15, 0.2) is 0 Å². The highest BCUT2D eigenvalue weighted by atomic mass is 16.5. The smallest absolute Gasteiger partial charge is 0.331 e. The van der Waals surface area contributed by atoms with Crippen LogP contribution >= 0.6 is 0 Å². The average molecular weight is 381 g/mol. The maximum absolute atomic E-state index is 12.5. The van der Waals surface area contributed by atoms with Gasteiger partial charge in [-0.15, -0.1) is 0 Å². The van der Waals surface area contributed by atoms with E-state index in [4.69, 9.17) is 14.2 Å². The van der Waals surface area contributed by atoms with Gasteiger partial charge in [0.2, 0.25) is 6.10 Å². The number of hydrogen-bond acceptors (Lipinski definition) is 5. The summed E-state index contributed by atoms with van der Waals surface area (Å²) in [7, 11) is 3.11. The van der Waals surface area contributed by atoms with Gasteiger partial charge in [0.25, 0.3) is 5.91 Å². The zero-order valence-corrected chi connectivity index (χ0v) is 15.9. The van der Waals surface area contributed by atoms with Gasteiger partial charge in [0.05, 0.1) is 14.2 Å². The summed E-state index contributed by atoms with van der Waals surface area (Å²) in [5.74, 6) is 0.301. The Bertz CT molecular complexity index is 858. The fourth-order valence-electron chi connectivity index (χ4n) is 2.69. The van der Waals surface area contributed by atoms with Crippen LogP contribution in [-0.2, 0) is 14.3 Å². The molecular weight excluding hydrogens is 358 g/mol. The first-order chi connectivity index (χ1) is 13.6. The highest BCUT2D eigenvalue weighted by molar-refractivity contribution is 5.91. The number of esters is 1. The highest BCUT2D eigenvalue weighted by Crippen LogP contribution is 2.26. The molecule has 146 valence electrons. The molecular formula is C22H23NO5. The lowest BCUT2D eigenvalue weighted by atomic mass is 10.1. The summed E-state index contributed by atoms with van der Waals surface area (Å²) in [4.78, 5) is 24.9. The molecule has 0 radical (unpaired) electrons. The second-order valence-electron chi connectivity index (χ2n) is 6.45. The third-order valence-electron chi connectivity index (χ3n) is 4.33. The standard InChI is InChI=1S/C22H23NO5/c1-26-18-11-12-19(27-2)16(14-18)8-13-20(24)28-21(15-6-4-3-5-7-15)22(25)23-17-9-10-17/h3-8,11-14,17,21H,9-10H2,1-2H3,(H,23,25)/b13-8+/t21-/m0/s1. The molecule has 1 saturated carbocycles. The van der Waals surface area contributed by atoms with E-state index in [1.165, 1.54) is 6.08 Å². The van der Waals surface area contributed by atoms with E-state index in [1.54, 1.807) is 62.8 Å². The molecule has 1 aliphatic carbocycles. The van der Waals surface area contributed by atoms with Crippen molar-refractivity contribution in [1.82, 2.24) is 5.32 Å². The van der Waals surface area contributed by atoms with E-state index in [0.717, 1.165) is 12.8 Å². The molecule has 0 spiro atoms. The summed E-state index contributed by atoms with van der Waals surface area (Å²) >= 11 is 0. The van der Waals surface area contributed by atoms with Crippen LogP contribution in [0.2, 0.25) is 0 Å². The summed E-state index contributed by atoms with van der Waals surface area (Å²) in [5, 5.41) is 2.89. The molecule has 1 amide bonds. The van der Waals surface area contributed by atoms with Crippen molar-refractivity contribution in [2.45, 2.75) is 25.0 Å². The van der Waals surface area contributed by atoms with Crippen molar-refractivity contribution in [2.24, 2.45) is 0 Å². The fraction of sp³-hybridized carbons (Fsp3) is 0.273. The molecule has 2 aromatic carbocycles. The number of nitrogens with one attached hydrogen (secondary N) is 1. The molecule has 0 unspecified atom stereocenters. The van der Waals surface area contributed by atoms with Crippen molar-refractivity contribution in [3.8, 4) is 11.5 Å². The molecule has 6 nitrogen and oxygen atoms in total. The van der Waals surface area contributed by atoms with Crippen LogP contribution in [0.4, 0.5) is 0 Å². The molecule has 6 heteroatoms. The number of carbonyl (C=O) groups is 2. The monoisotopic (exact) mass is 381 g/mol. The van der Waals surface area contributed by atoms with Crippen molar-refractivity contribution in [1.29, 1.82) is 0 Å². The molecule has 2 aromatic rings. The summed E-state index contributed by atoms with van der Waals surface area (Å²) in [5.41, 5.74) is 1.29. The van der Waals surface area contributed by atoms with E-state index < -0.39 is 12.1 Å². The summed E-state index contributed by atoms with van der Waals surface area (Å²) < 4.78 is 16.0. The maximum atomic E-state index is 12.5. The van der Waals surface area contributed by atoms with E-state index in [0.29, 0.717) is 22.6 Å². The van der Waals surface area contributed by atoms with Gasteiger partial charge in [-0.1, -0.05) is 30.3 Å². The Labute approximate surface area is 164 Å². The minimum Gasteiger partial charge on any atom is -0.497 e. The van der Waals surface area contributed by atoms with Crippen molar-refractivity contribution in [3.63, 3.8) is 0 Å². The van der Waals surface area contributed by atoms with Crippen LogP contribution in [0, 0.1) is 0 Å². The largest absolute Gasteiger partial charge is 0.497 e. The molecule has 0 aliphatic heterocycles. The molecule has 0 bridgehead atoms. The van der Waals surface area contributed by atoms with E-state index >= 15 is 0 Å². The zero-order valence-electron chi connectivity index (χ0n) is 15.9. The predicted molar refractivity (Wildman–Crippen MR) is 105 cm³/mol. The number of carbonyl (C=O) groups excluding carboxylic acids is 2. The number of methoxy groups -OCH3 is 2. The average Bonchev–Trinajstić information content (AvgIpc) is 3.54. The second kappa shape index (κ2) is 9.08. The Balaban J connectivity index is 1.74. The predicted octanol–water partition coefficient (Wildman–Crippen LogP) is 3.28. The quantitative estimate of drug-likeness (QED) is 0.561. The number of amides is 1. The third-order valence-corrected chi connectivity index (χ3v) is 4.33. The first-order valence-corrected chi connectivity index (χ1v) is 9.06. The number of benzene rings is 2. The minimum atomic E-state index is -0.994. The zero-order chi connectivity index (χ0) is 19.9. The highest BCUT2D eigenvalue weighted by Gasteiger charge is 2.30. The van der Waals surface area contributed by atoms with E-state index in [1.807, 2.05) is 6.07 Å². The Morgan fingerprint density at radius 2 is 1.82 bits per heavy atom. The van der Waals surface area contributed by atoms with Crippen molar-refractivity contribution in [2.75, 3.05) is 14.2 Å². The third kappa shape index (κ3) is 5.13. The van der Waals surface area contributed by atoms with Crippen LogP contribution in [0.15, 0.2) is 54.6 Å². The molecule has 1 N–H and O–H groups in total. The Kier molecular flexibility index (Phi) is 6.32. The Hall–Kier alpha value is -3.28. The summed E-state index contributed by atoms with van der Waals surface area (Å²) in [6.07, 6.45) is 3.77. The molecule has 1 fully saturated rings. The molecule has 0 heterocycles. The molecule has 0 aromatic heterocycles. The van der Waals surface area contributed by atoms with E-state index in [-0.39, 0.29) is 11.9 Å². The van der Waals surface area contributed by atoms with Crippen LogP contribution in [-0.4, -0.2) is 32.1 Å². The van der Waals surface area contributed by atoms with E-state index in [2.05, 4.69) is 5.32 Å². The summed E-state index contributed by atoms with van der Waals surface area (Å²) in [6, 6.07) is 14.4. The lowest BCUT2D eigenvalue weighted by molar-refractivity contribution is -0.151. The number of hydrogen-bond donors (Lipinski definition) is 1. The fourth-order valence-corrected chi connectivity index (χ4v) is 2.69. The van der Waals surface area contributed by atoms with Gasteiger partial charge in [0, 0.05) is 23.2 Å². The first kappa shape index (κ1) is 19.5. The van der Waals surface area contributed by atoms with Gasteiger partial charge < -0.3 is 19.5 Å². The first-order valence-electron chi connectivity index (χ1n) is 9.06. The number of rotatable bonds is 8.